The summed E-state index contributed by atoms with van der Waals surface area (Å²) in [6, 6.07) is 17.6. The second-order valence-corrected chi connectivity index (χ2v) is 9.06. The lowest BCUT2D eigenvalue weighted by atomic mass is 9.78. The first-order valence-corrected chi connectivity index (χ1v) is 11.6. The standard InChI is InChI=1S/C25H25N7O2.2ClH/c33-24-31(23-7-4-14-27-29-23)17-25(34-24)12-10-18(11-13-25)15-26-21-8-9-22-28-20(16-32(22)30-21)19-5-2-1-3-6-19;;/h1-9,14,16,18H,10-13,15,17H2,(H,26,30);2*1H. The van der Waals surface area contributed by atoms with Gasteiger partial charge in [0.2, 0.25) is 0 Å². The molecule has 4 aromatic rings. The number of amides is 1. The predicted molar refractivity (Wildman–Crippen MR) is 142 cm³/mol. The van der Waals surface area contributed by atoms with Crippen molar-refractivity contribution in [2.45, 2.75) is 31.3 Å². The molecule has 0 unspecified atom stereocenters. The molecule has 0 radical (unpaired) electrons. The minimum Gasteiger partial charge on any atom is -0.441 e. The molecule has 1 saturated heterocycles. The molecule has 1 aliphatic carbocycles. The molecule has 1 amide bonds. The Morgan fingerprint density at radius 3 is 2.58 bits per heavy atom. The van der Waals surface area contributed by atoms with Gasteiger partial charge in [0, 0.05) is 18.3 Å². The molecule has 9 nitrogen and oxygen atoms in total. The monoisotopic (exact) mass is 527 g/mol. The first kappa shape index (κ1) is 25.7. The van der Waals surface area contributed by atoms with Crippen molar-refractivity contribution in [1.29, 1.82) is 0 Å². The third-order valence-electron chi connectivity index (χ3n) is 6.78. The summed E-state index contributed by atoms with van der Waals surface area (Å²) in [5, 5.41) is 16.1. The summed E-state index contributed by atoms with van der Waals surface area (Å²) in [6.45, 7) is 1.37. The highest BCUT2D eigenvalue weighted by Gasteiger charge is 2.48. The molecule has 0 bridgehead atoms. The van der Waals surface area contributed by atoms with Crippen LogP contribution in [-0.4, -0.2) is 49.6 Å². The van der Waals surface area contributed by atoms with Gasteiger partial charge in [-0.2, -0.15) is 5.10 Å². The zero-order chi connectivity index (χ0) is 23.0. The van der Waals surface area contributed by atoms with Crippen molar-refractivity contribution < 1.29 is 9.53 Å². The first-order valence-electron chi connectivity index (χ1n) is 11.6. The van der Waals surface area contributed by atoms with E-state index in [1.54, 1.807) is 23.2 Å². The van der Waals surface area contributed by atoms with Crippen molar-refractivity contribution in [3.8, 4) is 11.3 Å². The summed E-state index contributed by atoms with van der Waals surface area (Å²) in [5.74, 6) is 1.87. The summed E-state index contributed by atoms with van der Waals surface area (Å²) in [6.07, 6.45) is 6.88. The van der Waals surface area contributed by atoms with Crippen LogP contribution in [0.2, 0.25) is 0 Å². The van der Waals surface area contributed by atoms with Gasteiger partial charge in [0.1, 0.15) is 11.4 Å². The van der Waals surface area contributed by atoms with Gasteiger partial charge in [-0.3, -0.25) is 4.90 Å². The molecule has 0 atom stereocenters. The van der Waals surface area contributed by atoms with E-state index in [0.717, 1.165) is 55.0 Å². The second kappa shape index (κ2) is 10.7. The zero-order valence-corrected chi connectivity index (χ0v) is 21.1. The average Bonchev–Trinajstić information content (AvgIpc) is 3.45. The van der Waals surface area contributed by atoms with E-state index in [1.807, 2.05) is 53.2 Å². The third-order valence-corrected chi connectivity index (χ3v) is 6.78. The van der Waals surface area contributed by atoms with Crippen LogP contribution < -0.4 is 10.2 Å². The van der Waals surface area contributed by atoms with Gasteiger partial charge in [-0.05, 0) is 55.9 Å². The van der Waals surface area contributed by atoms with E-state index in [-0.39, 0.29) is 30.9 Å². The van der Waals surface area contributed by atoms with Crippen molar-refractivity contribution in [2.24, 2.45) is 5.92 Å². The summed E-state index contributed by atoms with van der Waals surface area (Å²) < 4.78 is 7.65. The van der Waals surface area contributed by atoms with Crippen molar-refractivity contribution >= 4 is 48.2 Å². The second-order valence-electron chi connectivity index (χ2n) is 9.06. The molecule has 3 aromatic heterocycles. The van der Waals surface area contributed by atoms with Gasteiger partial charge >= 0.3 is 6.09 Å². The van der Waals surface area contributed by atoms with Crippen LogP contribution in [0.1, 0.15) is 25.7 Å². The Morgan fingerprint density at radius 2 is 1.83 bits per heavy atom. The fraction of sp³-hybridized carbons (Fsp3) is 0.320. The Morgan fingerprint density at radius 1 is 1.03 bits per heavy atom. The number of hydrogen-bond acceptors (Lipinski definition) is 7. The highest BCUT2D eigenvalue weighted by molar-refractivity contribution is 5.89. The van der Waals surface area contributed by atoms with E-state index in [4.69, 9.17) is 4.74 Å². The largest absolute Gasteiger partial charge is 0.441 e. The Labute approximate surface area is 221 Å². The highest BCUT2D eigenvalue weighted by Crippen LogP contribution is 2.40. The molecular formula is C25H27Cl2N7O2. The van der Waals surface area contributed by atoms with Crippen LogP contribution in [0, 0.1) is 5.92 Å². The number of nitrogens with zero attached hydrogens (tertiary/aromatic N) is 6. The minimum absolute atomic E-state index is 0. The zero-order valence-electron chi connectivity index (χ0n) is 19.5. The summed E-state index contributed by atoms with van der Waals surface area (Å²) in [5.41, 5.74) is 2.38. The van der Waals surface area contributed by atoms with E-state index >= 15 is 0 Å². The van der Waals surface area contributed by atoms with Crippen LogP contribution in [0.15, 0.2) is 67.0 Å². The molecule has 1 aromatic carbocycles. The molecule has 11 heteroatoms. The summed E-state index contributed by atoms with van der Waals surface area (Å²) >= 11 is 0. The summed E-state index contributed by atoms with van der Waals surface area (Å²) in [4.78, 5) is 18.7. The number of imidazole rings is 1. The molecule has 1 spiro atoms. The Kier molecular flexibility index (Phi) is 7.61. The number of hydrogen-bond donors (Lipinski definition) is 1. The van der Waals surface area contributed by atoms with E-state index in [0.29, 0.717) is 18.3 Å². The molecule has 6 rings (SSSR count). The number of benzene rings is 1. The van der Waals surface area contributed by atoms with Crippen LogP contribution in [0.4, 0.5) is 16.4 Å². The number of halogens is 2. The third kappa shape index (κ3) is 5.08. The highest BCUT2D eigenvalue weighted by atomic mass is 35.5. The van der Waals surface area contributed by atoms with Crippen LogP contribution in [0.25, 0.3) is 16.9 Å². The van der Waals surface area contributed by atoms with Crippen molar-refractivity contribution in [2.75, 3.05) is 23.3 Å². The molecule has 4 heterocycles. The lowest BCUT2D eigenvalue weighted by Gasteiger charge is -2.35. The fourth-order valence-corrected chi connectivity index (χ4v) is 4.88. The summed E-state index contributed by atoms with van der Waals surface area (Å²) in [7, 11) is 0. The van der Waals surface area contributed by atoms with E-state index in [1.165, 1.54) is 0 Å². The molecule has 36 heavy (non-hydrogen) atoms. The number of rotatable bonds is 5. The molecule has 188 valence electrons. The van der Waals surface area contributed by atoms with Crippen molar-refractivity contribution in [3.05, 3.63) is 67.0 Å². The Hall–Kier alpha value is -3.43. The minimum atomic E-state index is -0.424. The SMILES string of the molecule is Cl.Cl.O=C1OC2(CCC(CNc3ccc4nc(-c5ccccc5)cn4n3)CC2)CN1c1cccnn1. The van der Waals surface area contributed by atoms with Gasteiger partial charge in [-0.1, -0.05) is 30.3 Å². The van der Waals surface area contributed by atoms with E-state index in [9.17, 15) is 4.79 Å². The average molecular weight is 528 g/mol. The van der Waals surface area contributed by atoms with Gasteiger partial charge in [-0.25, -0.2) is 14.3 Å². The van der Waals surface area contributed by atoms with Crippen LogP contribution >= 0.6 is 24.8 Å². The fourth-order valence-electron chi connectivity index (χ4n) is 4.88. The molecular weight excluding hydrogens is 501 g/mol. The topological polar surface area (TPSA) is 97.5 Å². The van der Waals surface area contributed by atoms with Gasteiger partial charge in [0.05, 0.1) is 18.4 Å². The van der Waals surface area contributed by atoms with E-state index < -0.39 is 5.60 Å². The first-order chi connectivity index (χ1) is 16.7. The number of anilines is 2. The maximum Gasteiger partial charge on any atom is 0.416 e. The van der Waals surface area contributed by atoms with Crippen LogP contribution in [0.3, 0.4) is 0 Å². The maximum absolute atomic E-state index is 12.4. The number of nitrogens with one attached hydrogen (secondary N) is 1. The smallest absolute Gasteiger partial charge is 0.416 e. The molecule has 2 fully saturated rings. The van der Waals surface area contributed by atoms with E-state index in [2.05, 4.69) is 25.6 Å². The van der Waals surface area contributed by atoms with Crippen molar-refractivity contribution in [3.63, 3.8) is 0 Å². The lowest BCUT2D eigenvalue weighted by molar-refractivity contribution is 0.0148. The maximum atomic E-state index is 12.4. The van der Waals surface area contributed by atoms with Crippen LogP contribution in [0.5, 0.6) is 0 Å². The van der Waals surface area contributed by atoms with Crippen LogP contribution in [-0.2, 0) is 4.74 Å². The quantitative estimate of drug-likeness (QED) is 0.388. The number of carbonyl (C=O) groups excluding carboxylic acids is 1. The Balaban J connectivity index is 0.00000152. The lowest BCUT2D eigenvalue weighted by Crippen LogP contribution is -2.39. The van der Waals surface area contributed by atoms with Gasteiger partial charge in [0.15, 0.2) is 11.5 Å². The van der Waals surface area contributed by atoms with Gasteiger partial charge in [0.25, 0.3) is 0 Å². The molecule has 1 saturated carbocycles. The molecule has 1 aliphatic heterocycles. The number of carbonyl (C=O) groups is 1. The van der Waals surface area contributed by atoms with Gasteiger partial charge in [-0.15, -0.1) is 35.0 Å². The normalized spacial score (nSPS) is 21.1. The predicted octanol–water partition coefficient (Wildman–Crippen LogP) is 5.03. The number of aromatic nitrogens is 5. The number of ether oxygens (including phenoxy) is 1. The Bertz CT molecular complexity index is 1310. The molecule has 2 aliphatic rings. The van der Waals surface area contributed by atoms with Crippen molar-refractivity contribution in [1.82, 2.24) is 24.8 Å². The molecule has 1 N–H and O–H groups in total. The number of fused-ring (bicyclic) bond motifs is 1. The van der Waals surface area contributed by atoms with Gasteiger partial charge < -0.3 is 10.1 Å².